The monoisotopic (exact) mass is 435 g/mol. The molecule has 32 heavy (non-hydrogen) atoms. The molecule has 3 aromatic rings. The minimum Gasteiger partial charge on any atom is -0.365 e. The predicted molar refractivity (Wildman–Crippen MR) is 119 cm³/mol. The molecule has 2 aromatic carbocycles. The van der Waals surface area contributed by atoms with E-state index in [0.717, 1.165) is 38.0 Å². The van der Waals surface area contributed by atoms with Crippen molar-refractivity contribution < 1.29 is 13.5 Å². The van der Waals surface area contributed by atoms with E-state index in [-0.39, 0.29) is 11.6 Å². The highest BCUT2D eigenvalue weighted by molar-refractivity contribution is 5.35. The van der Waals surface area contributed by atoms with Gasteiger partial charge in [-0.2, -0.15) is 0 Å². The Morgan fingerprint density at radius 2 is 1.78 bits per heavy atom. The maximum absolute atomic E-state index is 13.7. The van der Waals surface area contributed by atoms with E-state index < -0.39 is 11.6 Å². The van der Waals surface area contributed by atoms with Gasteiger partial charge in [0, 0.05) is 37.6 Å². The molecule has 5 rings (SSSR count). The minimum absolute atomic E-state index is 0.172. The first kappa shape index (κ1) is 21.2. The van der Waals surface area contributed by atoms with Gasteiger partial charge < -0.3 is 10.1 Å². The first-order valence-electron chi connectivity index (χ1n) is 11.1. The fraction of sp³-hybridized carbons (Fsp3) is 0.346. The summed E-state index contributed by atoms with van der Waals surface area (Å²) in [4.78, 5) is 6.78. The van der Waals surface area contributed by atoms with Crippen molar-refractivity contribution in [3.63, 3.8) is 0 Å². The van der Waals surface area contributed by atoms with E-state index in [0.29, 0.717) is 12.2 Å². The van der Waals surface area contributed by atoms with E-state index >= 15 is 0 Å². The van der Waals surface area contributed by atoms with Gasteiger partial charge in [-0.05, 0) is 60.3 Å². The fourth-order valence-electron chi connectivity index (χ4n) is 5.03. The Morgan fingerprint density at radius 3 is 2.50 bits per heavy atom. The predicted octanol–water partition coefficient (Wildman–Crippen LogP) is 4.69. The minimum atomic E-state index is -0.829. The third-order valence-electron chi connectivity index (χ3n) is 6.85. The summed E-state index contributed by atoms with van der Waals surface area (Å²) in [5.41, 5.74) is 5.31. The van der Waals surface area contributed by atoms with Gasteiger partial charge in [0.1, 0.15) is 0 Å². The number of nitrogens with one attached hydrogen (secondary N) is 1. The lowest BCUT2D eigenvalue weighted by Gasteiger charge is -2.39. The second-order valence-electron chi connectivity index (χ2n) is 8.73. The highest BCUT2D eigenvalue weighted by atomic mass is 19.2. The Balaban J connectivity index is 1.23. The van der Waals surface area contributed by atoms with E-state index in [1.807, 2.05) is 19.4 Å². The molecule has 1 saturated heterocycles. The number of rotatable bonds is 5. The number of pyridine rings is 1. The topological polar surface area (TPSA) is 37.4 Å². The molecule has 1 unspecified atom stereocenters. The molecule has 0 bridgehead atoms. The second kappa shape index (κ2) is 8.70. The van der Waals surface area contributed by atoms with Gasteiger partial charge in [0.2, 0.25) is 0 Å². The highest BCUT2D eigenvalue weighted by Gasteiger charge is 2.42. The standard InChI is InChI=1S/C26H27F2N3O/c1-29-25(20-6-7-23(27)24(28)14-20)19-4-2-18(3-5-19)16-31-12-9-26(10-13-31)22-15-30-11-8-21(22)17-32-26/h2-8,11,14-15,25,29H,9-10,12-13,16-17H2,1H3. The molecule has 1 atom stereocenters. The van der Waals surface area contributed by atoms with Crippen LogP contribution in [0.15, 0.2) is 60.9 Å². The lowest BCUT2D eigenvalue weighted by molar-refractivity contribution is -0.0800. The van der Waals surface area contributed by atoms with Crippen molar-refractivity contribution in [3.8, 4) is 0 Å². The maximum Gasteiger partial charge on any atom is 0.159 e. The Morgan fingerprint density at radius 1 is 1.03 bits per heavy atom. The average Bonchev–Trinajstić information content (AvgIpc) is 3.18. The first-order chi connectivity index (χ1) is 15.6. The molecule has 0 radical (unpaired) electrons. The molecule has 0 amide bonds. The van der Waals surface area contributed by atoms with Crippen LogP contribution in [0.5, 0.6) is 0 Å². The fourth-order valence-corrected chi connectivity index (χ4v) is 5.03. The third-order valence-corrected chi connectivity index (χ3v) is 6.85. The zero-order valence-electron chi connectivity index (χ0n) is 18.2. The van der Waals surface area contributed by atoms with Crippen LogP contribution < -0.4 is 5.32 Å². The number of benzene rings is 2. The van der Waals surface area contributed by atoms with Crippen LogP contribution in [0.1, 0.15) is 46.7 Å². The van der Waals surface area contributed by atoms with Crippen LogP contribution in [0.4, 0.5) is 8.78 Å². The van der Waals surface area contributed by atoms with Gasteiger partial charge in [-0.3, -0.25) is 9.88 Å². The Hall–Kier alpha value is -2.67. The smallest absolute Gasteiger partial charge is 0.159 e. The summed E-state index contributed by atoms with van der Waals surface area (Å²) in [7, 11) is 1.82. The average molecular weight is 436 g/mol. The maximum atomic E-state index is 13.7. The van der Waals surface area contributed by atoms with Crippen LogP contribution in [-0.2, 0) is 23.5 Å². The summed E-state index contributed by atoms with van der Waals surface area (Å²) >= 11 is 0. The number of fused-ring (bicyclic) bond motifs is 2. The third kappa shape index (κ3) is 3.94. The summed E-state index contributed by atoms with van der Waals surface area (Å²) in [6.07, 6.45) is 5.76. The molecular formula is C26H27F2N3O. The molecule has 0 saturated carbocycles. The lowest BCUT2D eigenvalue weighted by Crippen LogP contribution is -2.42. The molecule has 0 aliphatic carbocycles. The molecule has 1 fully saturated rings. The summed E-state index contributed by atoms with van der Waals surface area (Å²) in [6.45, 7) is 3.52. The highest BCUT2D eigenvalue weighted by Crippen LogP contribution is 2.43. The Bertz CT molecular complexity index is 1090. The number of hydrogen-bond donors (Lipinski definition) is 1. The van der Waals surface area contributed by atoms with E-state index in [4.69, 9.17) is 4.74 Å². The van der Waals surface area contributed by atoms with Crippen molar-refractivity contribution in [1.82, 2.24) is 15.2 Å². The van der Waals surface area contributed by atoms with Gasteiger partial charge in [0.15, 0.2) is 11.6 Å². The number of likely N-dealkylation sites (tertiary alicyclic amines) is 1. The van der Waals surface area contributed by atoms with Gasteiger partial charge in [-0.15, -0.1) is 0 Å². The second-order valence-corrected chi connectivity index (χ2v) is 8.73. The molecule has 1 aromatic heterocycles. The van der Waals surface area contributed by atoms with Crippen LogP contribution in [0.25, 0.3) is 0 Å². The quantitative estimate of drug-likeness (QED) is 0.631. The summed E-state index contributed by atoms with van der Waals surface area (Å²) in [6, 6.07) is 14.3. The van der Waals surface area contributed by atoms with E-state index in [1.165, 1.54) is 28.8 Å². The SMILES string of the molecule is CNC(c1ccc(CN2CCC3(CC2)OCc2ccncc23)cc1)c1ccc(F)c(F)c1. The molecule has 1 spiro atoms. The zero-order chi connectivity index (χ0) is 22.1. The number of halogens is 2. The van der Waals surface area contributed by atoms with Crippen LogP contribution in [-0.4, -0.2) is 30.0 Å². The van der Waals surface area contributed by atoms with Crippen molar-refractivity contribution in [1.29, 1.82) is 0 Å². The number of hydrogen-bond acceptors (Lipinski definition) is 4. The number of nitrogens with zero attached hydrogens (tertiary/aromatic N) is 2. The molecule has 6 heteroatoms. The van der Waals surface area contributed by atoms with Gasteiger partial charge in [0.25, 0.3) is 0 Å². The molecule has 1 N–H and O–H groups in total. The number of piperidine rings is 1. The lowest BCUT2D eigenvalue weighted by atomic mass is 9.84. The summed E-state index contributed by atoms with van der Waals surface area (Å²) < 4.78 is 33.2. The normalized spacial score (nSPS) is 18.6. The van der Waals surface area contributed by atoms with Crippen LogP contribution >= 0.6 is 0 Å². The van der Waals surface area contributed by atoms with Crippen molar-refractivity contribution in [2.75, 3.05) is 20.1 Å². The Kier molecular flexibility index (Phi) is 5.76. The van der Waals surface area contributed by atoms with Gasteiger partial charge >= 0.3 is 0 Å². The Labute approximate surface area is 187 Å². The largest absolute Gasteiger partial charge is 0.365 e. The van der Waals surface area contributed by atoms with Crippen molar-refractivity contribution in [2.24, 2.45) is 0 Å². The van der Waals surface area contributed by atoms with Crippen LogP contribution in [0.3, 0.4) is 0 Å². The van der Waals surface area contributed by atoms with Crippen LogP contribution in [0.2, 0.25) is 0 Å². The van der Waals surface area contributed by atoms with Gasteiger partial charge in [0.05, 0.1) is 18.2 Å². The summed E-state index contributed by atoms with van der Waals surface area (Å²) in [5, 5.41) is 3.20. The first-order valence-corrected chi connectivity index (χ1v) is 11.1. The molecular weight excluding hydrogens is 408 g/mol. The van der Waals surface area contributed by atoms with Crippen LogP contribution in [0, 0.1) is 11.6 Å². The van der Waals surface area contributed by atoms with E-state index in [1.54, 1.807) is 6.07 Å². The molecule has 2 aliphatic heterocycles. The van der Waals surface area contributed by atoms with E-state index in [9.17, 15) is 8.78 Å². The summed E-state index contributed by atoms with van der Waals surface area (Å²) in [5.74, 6) is -1.66. The number of aromatic nitrogens is 1. The van der Waals surface area contributed by atoms with E-state index in [2.05, 4.69) is 45.5 Å². The molecule has 4 nitrogen and oxygen atoms in total. The van der Waals surface area contributed by atoms with Crippen molar-refractivity contribution in [2.45, 2.75) is 37.6 Å². The molecule has 166 valence electrons. The van der Waals surface area contributed by atoms with Gasteiger partial charge in [-0.25, -0.2) is 8.78 Å². The molecule has 2 aliphatic rings. The van der Waals surface area contributed by atoms with Gasteiger partial charge in [-0.1, -0.05) is 30.3 Å². The van der Waals surface area contributed by atoms with Crippen molar-refractivity contribution in [3.05, 3.63) is 100 Å². The number of ether oxygens (including phenoxy) is 1. The zero-order valence-corrected chi connectivity index (χ0v) is 18.2. The van der Waals surface area contributed by atoms with Crippen molar-refractivity contribution >= 4 is 0 Å². The molecule has 3 heterocycles.